The second kappa shape index (κ2) is 9.39. The number of esters is 1. The summed E-state index contributed by atoms with van der Waals surface area (Å²) in [6, 6.07) is 0. The van der Waals surface area contributed by atoms with Crippen molar-refractivity contribution in [2.75, 3.05) is 13.7 Å². The summed E-state index contributed by atoms with van der Waals surface area (Å²) >= 11 is 0. The summed E-state index contributed by atoms with van der Waals surface area (Å²) in [7, 11) is 1.14. The van der Waals surface area contributed by atoms with Gasteiger partial charge in [0.1, 0.15) is 6.17 Å². The van der Waals surface area contributed by atoms with E-state index in [0.29, 0.717) is 18.4 Å². The van der Waals surface area contributed by atoms with Gasteiger partial charge in [0.15, 0.2) is 18.0 Å². The van der Waals surface area contributed by atoms with Gasteiger partial charge in [0, 0.05) is 23.2 Å². The van der Waals surface area contributed by atoms with E-state index < -0.39 is 53.2 Å². The van der Waals surface area contributed by atoms with Gasteiger partial charge in [-0.05, 0) is 61.7 Å². The Morgan fingerprint density at radius 1 is 1.25 bits per heavy atom. The molecule has 3 saturated carbocycles. The minimum Gasteiger partial charge on any atom is -0.457 e. The molecule has 8 nitrogen and oxygen atoms in total. The summed E-state index contributed by atoms with van der Waals surface area (Å²) in [6.07, 6.45) is 2.63. The third kappa shape index (κ3) is 3.90. The molecule has 8 atom stereocenters. The van der Waals surface area contributed by atoms with Crippen molar-refractivity contribution in [1.82, 2.24) is 0 Å². The largest absolute Gasteiger partial charge is 0.509 e. The topological polar surface area (TPSA) is 116 Å². The Balaban J connectivity index is 1.71. The molecule has 198 valence electrons. The smallest absolute Gasteiger partial charge is 0.457 e. The summed E-state index contributed by atoms with van der Waals surface area (Å²) in [5.41, 5.74) is -3.19. The molecule has 0 saturated heterocycles. The predicted octanol–water partition coefficient (Wildman–Crippen LogP) is 3.65. The van der Waals surface area contributed by atoms with Crippen LogP contribution in [-0.2, 0) is 28.6 Å². The van der Waals surface area contributed by atoms with Crippen LogP contribution >= 0.6 is 0 Å². The van der Waals surface area contributed by atoms with E-state index in [1.807, 2.05) is 13.8 Å². The van der Waals surface area contributed by atoms with Gasteiger partial charge in [-0.15, -0.1) is 0 Å². The molecule has 0 aromatic heterocycles. The molecule has 1 unspecified atom stereocenters. The van der Waals surface area contributed by atoms with Gasteiger partial charge in [0.05, 0.1) is 13.2 Å². The lowest BCUT2D eigenvalue weighted by atomic mass is 9.46. The van der Waals surface area contributed by atoms with E-state index in [4.69, 9.17) is 14.2 Å². The van der Waals surface area contributed by atoms with Crippen molar-refractivity contribution in [2.24, 2.45) is 28.6 Å². The molecule has 4 rings (SSSR count). The monoisotopic (exact) mass is 506 g/mol. The lowest BCUT2D eigenvalue weighted by Crippen LogP contribution is -2.64. The second-order valence-electron chi connectivity index (χ2n) is 11.1. The third-order valence-corrected chi connectivity index (χ3v) is 9.29. The number of carbonyl (C=O) groups excluding carboxylic acids is 4. The SMILES string of the molecule is CCCC(=O)OCC(=O)[C@@]1(OC(=O)OC)CC[C@H]2[C@@H]3C[C@H](F)C4=CC(=O)C=C[C@]4(C)[C@H]3C(O)C[C@@]21C. The molecule has 0 bridgehead atoms. The number of aliphatic hydroxyl groups excluding tert-OH is 1. The number of Topliss-reactive ketones (excluding diaryl/α,β-unsaturated/α-hetero) is 1. The second-order valence-corrected chi connectivity index (χ2v) is 11.1. The van der Waals surface area contributed by atoms with Crippen molar-refractivity contribution in [3.05, 3.63) is 23.8 Å². The minimum atomic E-state index is -1.69. The molecule has 0 spiro atoms. The number of alkyl halides is 1. The zero-order chi connectivity index (χ0) is 26.5. The Morgan fingerprint density at radius 2 is 1.97 bits per heavy atom. The molecule has 0 amide bonds. The van der Waals surface area contributed by atoms with Gasteiger partial charge in [0.25, 0.3) is 0 Å². The van der Waals surface area contributed by atoms with E-state index in [9.17, 15) is 24.3 Å². The number of allylic oxidation sites excluding steroid dienone is 4. The van der Waals surface area contributed by atoms with Crippen molar-refractivity contribution in [3.63, 3.8) is 0 Å². The Labute approximate surface area is 210 Å². The molecule has 4 aliphatic rings. The van der Waals surface area contributed by atoms with Crippen LogP contribution in [-0.4, -0.2) is 60.4 Å². The molecule has 0 aliphatic heterocycles. The van der Waals surface area contributed by atoms with E-state index >= 15 is 4.39 Å². The molecule has 0 heterocycles. The average Bonchev–Trinajstić information content (AvgIpc) is 3.11. The van der Waals surface area contributed by atoms with Gasteiger partial charge in [-0.2, -0.15) is 0 Å². The standard InChI is InChI=1S/C27H35FO8/c1-5-6-22(32)35-14-21(31)27(36-24(33)34-4)10-8-17-16-12-19(28)18-11-15(29)7-9-25(18,2)23(16)20(30)13-26(17,27)3/h7,9,11,16-17,19-20,23,30H,5-6,8,10,12-14H2,1-4H3/t16-,17-,19-,20?,23+,25-,26-,27-/m0/s1. The number of ketones is 2. The number of carbonyl (C=O) groups is 4. The van der Waals surface area contributed by atoms with Crippen molar-refractivity contribution >= 4 is 23.7 Å². The highest BCUT2D eigenvalue weighted by Crippen LogP contribution is 2.68. The van der Waals surface area contributed by atoms with E-state index in [2.05, 4.69) is 0 Å². The fourth-order valence-corrected chi connectivity index (χ4v) is 7.73. The molecule has 36 heavy (non-hydrogen) atoms. The fourth-order valence-electron chi connectivity index (χ4n) is 7.73. The van der Waals surface area contributed by atoms with Gasteiger partial charge >= 0.3 is 12.1 Å². The van der Waals surface area contributed by atoms with E-state index in [1.54, 1.807) is 13.0 Å². The van der Waals surface area contributed by atoms with Crippen LogP contribution in [0.15, 0.2) is 23.8 Å². The highest BCUT2D eigenvalue weighted by molar-refractivity contribution is 6.01. The molecule has 9 heteroatoms. The summed E-state index contributed by atoms with van der Waals surface area (Å²) in [5.74, 6) is -2.32. The number of fused-ring (bicyclic) bond motifs is 5. The summed E-state index contributed by atoms with van der Waals surface area (Å²) in [5, 5.41) is 11.5. The van der Waals surface area contributed by atoms with E-state index in [1.165, 1.54) is 12.2 Å². The number of rotatable bonds is 6. The summed E-state index contributed by atoms with van der Waals surface area (Å²) in [4.78, 5) is 49.9. The van der Waals surface area contributed by atoms with Crippen LogP contribution < -0.4 is 0 Å². The summed E-state index contributed by atoms with van der Waals surface area (Å²) in [6.45, 7) is 4.89. The Morgan fingerprint density at radius 3 is 2.64 bits per heavy atom. The van der Waals surface area contributed by atoms with Crippen LogP contribution in [0.5, 0.6) is 0 Å². The van der Waals surface area contributed by atoms with Crippen LogP contribution in [0.4, 0.5) is 9.18 Å². The van der Waals surface area contributed by atoms with E-state index in [0.717, 1.165) is 7.11 Å². The molecular formula is C27H35FO8. The van der Waals surface area contributed by atoms with Crippen molar-refractivity contribution in [3.8, 4) is 0 Å². The number of halogens is 1. The van der Waals surface area contributed by atoms with Gasteiger partial charge < -0.3 is 19.3 Å². The lowest BCUT2D eigenvalue weighted by Gasteiger charge is -2.60. The normalized spacial score (nSPS) is 40.9. The van der Waals surface area contributed by atoms with Crippen LogP contribution in [0.1, 0.15) is 59.3 Å². The molecular weight excluding hydrogens is 471 g/mol. The minimum absolute atomic E-state index is 0.0957. The van der Waals surface area contributed by atoms with Crippen LogP contribution in [0.3, 0.4) is 0 Å². The number of methoxy groups -OCH3 is 1. The zero-order valence-electron chi connectivity index (χ0n) is 21.3. The average molecular weight is 507 g/mol. The predicted molar refractivity (Wildman–Crippen MR) is 125 cm³/mol. The van der Waals surface area contributed by atoms with Crippen molar-refractivity contribution in [2.45, 2.75) is 77.2 Å². The van der Waals surface area contributed by atoms with Crippen molar-refractivity contribution in [1.29, 1.82) is 0 Å². The first-order valence-corrected chi connectivity index (χ1v) is 12.7. The highest BCUT2D eigenvalue weighted by Gasteiger charge is 2.71. The number of hydrogen-bond acceptors (Lipinski definition) is 8. The van der Waals surface area contributed by atoms with Gasteiger partial charge in [-0.1, -0.05) is 26.8 Å². The molecule has 4 aliphatic carbocycles. The summed E-state index contributed by atoms with van der Waals surface area (Å²) < 4.78 is 31.2. The van der Waals surface area contributed by atoms with Gasteiger partial charge in [-0.25, -0.2) is 9.18 Å². The maximum Gasteiger partial charge on any atom is 0.509 e. The quantitative estimate of drug-likeness (QED) is 0.543. The first-order valence-electron chi connectivity index (χ1n) is 12.7. The molecule has 0 aromatic carbocycles. The van der Waals surface area contributed by atoms with Crippen LogP contribution in [0.2, 0.25) is 0 Å². The Kier molecular flexibility index (Phi) is 6.92. The number of hydrogen-bond donors (Lipinski definition) is 1. The lowest BCUT2D eigenvalue weighted by molar-refractivity contribution is -0.187. The molecule has 1 N–H and O–H groups in total. The first-order chi connectivity index (χ1) is 16.9. The first kappa shape index (κ1) is 26.5. The van der Waals surface area contributed by atoms with Gasteiger partial charge in [-0.3, -0.25) is 14.4 Å². The zero-order valence-corrected chi connectivity index (χ0v) is 21.3. The third-order valence-electron chi connectivity index (χ3n) is 9.29. The molecule has 0 radical (unpaired) electrons. The Bertz CT molecular complexity index is 1020. The Hall–Kier alpha value is -2.55. The van der Waals surface area contributed by atoms with E-state index in [-0.39, 0.29) is 49.2 Å². The molecule has 0 aromatic rings. The molecule has 3 fully saturated rings. The van der Waals surface area contributed by atoms with Crippen molar-refractivity contribution < 1.29 is 42.9 Å². The maximum atomic E-state index is 15.5. The van der Waals surface area contributed by atoms with Crippen LogP contribution in [0.25, 0.3) is 0 Å². The maximum absolute atomic E-state index is 15.5. The van der Waals surface area contributed by atoms with Crippen LogP contribution in [0, 0.1) is 28.6 Å². The van der Waals surface area contributed by atoms with Gasteiger partial charge in [0.2, 0.25) is 5.78 Å². The highest BCUT2D eigenvalue weighted by atomic mass is 19.1. The number of ether oxygens (including phenoxy) is 3. The number of aliphatic hydroxyl groups is 1. The fraction of sp³-hybridized carbons (Fsp3) is 0.704.